The number of nitrogen functional groups attached to an aromatic ring is 1. The zero-order chi connectivity index (χ0) is 17.8. The van der Waals surface area contributed by atoms with Gasteiger partial charge in [-0.3, -0.25) is 0 Å². The van der Waals surface area contributed by atoms with Gasteiger partial charge in [0.1, 0.15) is 17.8 Å². The quantitative estimate of drug-likeness (QED) is 0.624. The number of benzene rings is 2. The van der Waals surface area contributed by atoms with Crippen LogP contribution in [0.1, 0.15) is 5.56 Å². The monoisotopic (exact) mass is 355 g/mol. The maximum Gasteiger partial charge on any atom is 0.159 e. The summed E-state index contributed by atoms with van der Waals surface area (Å²) in [7, 11) is 1.61. The van der Waals surface area contributed by atoms with E-state index in [1.807, 2.05) is 49.4 Å². The lowest BCUT2D eigenvalue weighted by molar-refractivity contribution is 0.417. The van der Waals surface area contributed by atoms with E-state index >= 15 is 0 Å². The van der Waals surface area contributed by atoms with E-state index in [4.69, 9.17) is 22.1 Å². The summed E-state index contributed by atoms with van der Waals surface area (Å²) in [6.45, 7) is 1.94. The van der Waals surface area contributed by atoms with Crippen LogP contribution in [0.3, 0.4) is 0 Å². The number of para-hydroxylation sites is 2. The van der Waals surface area contributed by atoms with Gasteiger partial charge >= 0.3 is 0 Å². The summed E-state index contributed by atoms with van der Waals surface area (Å²) in [4.78, 5) is 8.42. The Balaban J connectivity index is 1.88. The van der Waals surface area contributed by atoms with Gasteiger partial charge in [0.05, 0.1) is 12.8 Å². The molecule has 0 spiro atoms. The maximum atomic E-state index is 6.21. The maximum absolute atomic E-state index is 6.21. The normalized spacial score (nSPS) is 10.4. The third-order valence-electron chi connectivity index (χ3n) is 3.68. The van der Waals surface area contributed by atoms with E-state index in [1.165, 1.54) is 6.33 Å². The number of anilines is 5. The summed E-state index contributed by atoms with van der Waals surface area (Å²) in [6.07, 6.45) is 1.44. The van der Waals surface area contributed by atoms with Crippen LogP contribution in [-0.4, -0.2) is 17.1 Å². The predicted octanol–water partition coefficient (Wildman–Crippen LogP) is 4.52. The molecule has 2 aromatic carbocycles. The highest BCUT2D eigenvalue weighted by Gasteiger charge is 2.11. The third-order valence-corrected chi connectivity index (χ3v) is 4.09. The van der Waals surface area contributed by atoms with Gasteiger partial charge in [-0.1, -0.05) is 29.8 Å². The lowest BCUT2D eigenvalue weighted by atomic mass is 10.2. The van der Waals surface area contributed by atoms with Crippen molar-refractivity contribution in [3.63, 3.8) is 0 Å². The first-order valence-corrected chi connectivity index (χ1v) is 8.00. The highest BCUT2D eigenvalue weighted by atomic mass is 35.5. The van der Waals surface area contributed by atoms with Crippen molar-refractivity contribution in [1.29, 1.82) is 0 Å². The minimum absolute atomic E-state index is 0.394. The summed E-state index contributed by atoms with van der Waals surface area (Å²) in [5.41, 5.74) is 9.17. The van der Waals surface area contributed by atoms with Crippen molar-refractivity contribution in [1.82, 2.24) is 9.97 Å². The molecule has 0 fully saturated rings. The van der Waals surface area contributed by atoms with Gasteiger partial charge in [-0.2, -0.15) is 0 Å². The number of ether oxygens (including phenoxy) is 1. The molecule has 7 heteroatoms. The second kappa shape index (κ2) is 7.27. The number of halogens is 1. The number of hydrogen-bond acceptors (Lipinski definition) is 6. The van der Waals surface area contributed by atoms with Crippen molar-refractivity contribution >= 4 is 40.3 Å². The smallest absolute Gasteiger partial charge is 0.159 e. The zero-order valence-corrected chi connectivity index (χ0v) is 14.6. The fourth-order valence-electron chi connectivity index (χ4n) is 2.28. The molecule has 0 unspecified atom stereocenters. The van der Waals surface area contributed by atoms with E-state index in [9.17, 15) is 0 Å². The molecule has 3 aromatic rings. The average Bonchev–Trinajstić information content (AvgIpc) is 2.62. The van der Waals surface area contributed by atoms with E-state index in [-0.39, 0.29) is 0 Å². The van der Waals surface area contributed by atoms with Gasteiger partial charge in [0.2, 0.25) is 0 Å². The molecule has 3 rings (SSSR count). The zero-order valence-electron chi connectivity index (χ0n) is 13.9. The Labute approximate surface area is 151 Å². The summed E-state index contributed by atoms with van der Waals surface area (Å²) in [5.74, 6) is 1.67. The van der Waals surface area contributed by atoms with E-state index in [2.05, 4.69) is 20.6 Å². The van der Waals surface area contributed by atoms with E-state index < -0.39 is 0 Å². The molecule has 128 valence electrons. The largest absolute Gasteiger partial charge is 0.495 e. The molecule has 0 aliphatic heterocycles. The Hall–Kier alpha value is -2.99. The second-order valence-electron chi connectivity index (χ2n) is 5.40. The lowest BCUT2D eigenvalue weighted by Crippen LogP contribution is -2.05. The van der Waals surface area contributed by atoms with Crippen LogP contribution in [0.2, 0.25) is 5.02 Å². The molecule has 0 aliphatic rings. The highest BCUT2D eigenvalue weighted by molar-refractivity contribution is 6.31. The number of aromatic nitrogens is 2. The lowest BCUT2D eigenvalue weighted by Gasteiger charge is -2.14. The molecule has 4 N–H and O–H groups in total. The number of methoxy groups -OCH3 is 1. The molecular weight excluding hydrogens is 338 g/mol. The molecular formula is C18H18ClN5O. The number of hydrogen-bond donors (Lipinski definition) is 3. The summed E-state index contributed by atoms with van der Waals surface area (Å²) >= 11 is 6.16. The average molecular weight is 356 g/mol. The van der Waals surface area contributed by atoms with Crippen molar-refractivity contribution in [3.05, 3.63) is 59.4 Å². The molecule has 0 aliphatic carbocycles. The number of nitrogens with two attached hydrogens (primary N) is 1. The third kappa shape index (κ3) is 3.75. The van der Waals surface area contributed by atoms with E-state index in [0.717, 1.165) is 16.9 Å². The first-order chi connectivity index (χ1) is 12.1. The van der Waals surface area contributed by atoms with Crippen molar-refractivity contribution in [3.8, 4) is 5.75 Å². The van der Waals surface area contributed by atoms with Gasteiger partial charge in [-0.25, -0.2) is 9.97 Å². The minimum Gasteiger partial charge on any atom is -0.495 e. The predicted molar refractivity (Wildman–Crippen MR) is 102 cm³/mol. The van der Waals surface area contributed by atoms with Crippen LogP contribution in [0.5, 0.6) is 5.75 Å². The molecule has 0 bridgehead atoms. The fraction of sp³-hybridized carbons (Fsp3) is 0.111. The molecule has 1 aromatic heterocycles. The Morgan fingerprint density at radius 2 is 1.76 bits per heavy atom. The van der Waals surface area contributed by atoms with Crippen molar-refractivity contribution in [2.24, 2.45) is 0 Å². The van der Waals surface area contributed by atoms with Crippen LogP contribution in [-0.2, 0) is 0 Å². The molecule has 0 atom stereocenters. The van der Waals surface area contributed by atoms with Gasteiger partial charge in [-0.15, -0.1) is 0 Å². The first-order valence-electron chi connectivity index (χ1n) is 7.62. The molecule has 0 radical (unpaired) electrons. The first kappa shape index (κ1) is 16.9. The van der Waals surface area contributed by atoms with Gasteiger partial charge in [0, 0.05) is 10.7 Å². The summed E-state index contributed by atoms with van der Waals surface area (Å²) in [5, 5.41) is 7.01. The van der Waals surface area contributed by atoms with E-state index in [1.54, 1.807) is 7.11 Å². The summed E-state index contributed by atoms with van der Waals surface area (Å²) < 4.78 is 5.33. The molecule has 6 nitrogen and oxygen atoms in total. The van der Waals surface area contributed by atoms with Crippen LogP contribution in [0.4, 0.5) is 28.7 Å². The molecule has 0 saturated carbocycles. The number of aryl methyl sites for hydroxylation is 1. The van der Waals surface area contributed by atoms with Crippen molar-refractivity contribution < 1.29 is 4.74 Å². The topological polar surface area (TPSA) is 85.1 Å². The number of nitrogens with zero attached hydrogens (tertiary/aromatic N) is 2. The van der Waals surface area contributed by atoms with Crippen molar-refractivity contribution in [2.75, 3.05) is 23.5 Å². The Morgan fingerprint density at radius 1 is 1.04 bits per heavy atom. The van der Waals surface area contributed by atoms with Crippen LogP contribution in [0.25, 0.3) is 0 Å². The minimum atomic E-state index is 0.394. The van der Waals surface area contributed by atoms with E-state index in [0.29, 0.717) is 28.1 Å². The van der Waals surface area contributed by atoms with Gasteiger partial charge in [-0.05, 0) is 36.8 Å². The highest BCUT2D eigenvalue weighted by Crippen LogP contribution is 2.32. The second-order valence-corrected chi connectivity index (χ2v) is 5.81. The number of rotatable bonds is 5. The van der Waals surface area contributed by atoms with Gasteiger partial charge in [0.25, 0.3) is 0 Å². The van der Waals surface area contributed by atoms with Gasteiger partial charge < -0.3 is 21.1 Å². The number of nitrogens with one attached hydrogen (secondary N) is 2. The SMILES string of the molecule is COc1ccccc1Nc1ncnc(Nc2ccc(C)c(Cl)c2)c1N. The van der Waals surface area contributed by atoms with Crippen LogP contribution in [0, 0.1) is 6.92 Å². The molecule has 0 saturated heterocycles. The van der Waals surface area contributed by atoms with Crippen LogP contribution < -0.4 is 21.1 Å². The fourth-order valence-corrected chi connectivity index (χ4v) is 2.46. The van der Waals surface area contributed by atoms with Crippen molar-refractivity contribution in [2.45, 2.75) is 6.92 Å². The van der Waals surface area contributed by atoms with Gasteiger partial charge in [0.15, 0.2) is 11.6 Å². The Morgan fingerprint density at radius 3 is 2.48 bits per heavy atom. The Kier molecular flexibility index (Phi) is 4.90. The molecule has 1 heterocycles. The van der Waals surface area contributed by atoms with Crippen LogP contribution >= 0.6 is 11.6 Å². The standard InChI is InChI=1S/C18H18ClN5O/c1-11-7-8-12(9-13(11)19)23-17-16(20)18(22-10-21-17)24-14-5-3-4-6-15(14)25-2/h3-10H,20H2,1-2H3,(H2,21,22,23,24). The molecule has 0 amide bonds. The Bertz CT molecular complexity index is 900. The summed E-state index contributed by atoms with van der Waals surface area (Å²) in [6, 6.07) is 13.2. The van der Waals surface area contributed by atoms with Crippen LogP contribution in [0.15, 0.2) is 48.8 Å². The molecule has 25 heavy (non-hydrogen) atoms.